The average molecular weight is 321 g/mol. The minimum absolute atomic E-state index is 0.317. The summed E-state index contributed by atoms with van der Waals surface area (Å²) in [6.45, 7) is 5.63. The Balaban J connectivity index is 2.09. The van der Waals surface area contributed by atoms with Crippen molar-refractivity contribution in [3.05, 3.63) is 42.6 Å². The van der Waals surface area contributed by atoms with E-state index in [1.807, 2.05) is 24.3 Å². The van der Waals surface area contributed by atoms with Gasteiger partial charge in [0, 0.05) is 19.6 Å². The lowest BCUT2D eigenvalue weighted by Gasteiger charge is -2.21. The Morgan fingerprint density at radius 2 is 2.00 bits per heavy atom. The summed E-state index contributed by atoms with van der Waals surface area (Å²) in [5, 5.41) is 12.2. The molecule has 1 atom stereocenters. The van der Waals surface area contributed by atoms with Crippen molar-refractivity contribution < 1.29 is 4.79 Å². The number of fused-ring (bicyclic) bond motifs is 1. The highest BCUT2D eigenvalue weighted by atomic mass is 16.1. The Hall–Kier alpha value is -2.94. The van der Waals surface area contributed by atoms with Crippen LogP contribution in [0.5, 0.6) is 0 Å². The molecule has 0 spiro atoms. The van der Waals surface area contributed by atoms with Crippen molar-refractivity contribution in [3.8, 4) is 6.07 Å². The van der Waals surface area contributed by atoms with Gasteiger partial charge in [-0.2, -0.15) is 5.26 Å². The second-order valence-electron chi connectivity index (χ2n) is 5.71. The van der Waals surface area contributed by atoms with Gasteiger partial charge in [0.2, 0.25) is 5.91 Å². The number of nitrogens with one attached hydrogen (secondary N) is 1. The summed E-state index contributed by atoms with van der Waals surface area (Å²) in [6, 6.07) is 9.59. The van der Waals surface area contributed by atoms with Crippen LogP contribution in [0.3, 0.4) is 0 Å². The molecule has 0 saturated carbocycles. The Morgan fingerprint density at radius 3 is 2.62 bits per heavy atom. The van der Waals surface area contributed by atoms with Crippen molar-refractivity contribution in [1.82, 2.24) is 15.3 Å². The Labute approximate surface area is 140 Å². The van der Waals surface area contributed by atoms with Gasteiger partial charge in [-0.05, 0) is 25.0 Å². The SMILES string of the molecule is C=CCNC(=O)C(C#N)c1nc2ccccc2nc1N1CCCC1. The molecule has 1 N–H and O–H groups in total. The van der Waals surface area contributed by atoms with Gasteiger partial charge in [0.05, 0.1) is 17.1 Å². The van der Waals surface area contributed by atoms with E-state index in [2.05, 4.69) is 27.8 Å². The fraction of sp³-hybridized carbons (Fsp3) is 0.333. The molecule has 6 nitrogen and oxygen atoms in total. The zero-order valence-electron chi connectivity index (χ0n) is 13.4. The van der Waals surface area contributed by atoms with E-state index in [1.54, 1.807) is 6.08 Å². The molecule has 3 rings (SSSR count). The normalized spacial score (nSPS) is 15.0. The average Bonchev–Trinajstić information content (AvgIpc) is 3.14. The van der Waals surface area contributed by atoms with Crippen molar-refractivity contribution >= 4 is 22.8 Å². The molecule has 122 valence electrons. The number of carbonyl (C=O) groups excluding carboxylic acids is 1. The van der Waals surface area contributed by atoms with Gasteiger partial charge in [-0.3, -0.25) is 4.79 Å². The smallest absolute Gasteiger partial charge is 0.243 e. The van der Waals surface area contributed by atoms with Crippen molar-refractivity contribution in [3.63, 3.8) is 0 Å². The van der Waals surface area contributed by atoms with Gasteiger partial charge in [-0.25, -0.2) is 9.97 Å². The maximum absolute atomic E-state index is 12.4. The van der Waals surface area contributed by atoms with Crippen molar-refractivity contribution in [2.24, 2.45) is 0 Å². The van der Waals surface area contributed by atoms with Gasteiger partial charge in [-0.1, -0.05) is 18.2 Å². The number of aromatic nitrogens is 2. The molecule has 1 aromatic heterocycles. The minimum Gasteiger partial charge on any atom is -0.355 e. The highest BCUT2D eigenvalue weighted by Crippen LogP contribution is 2.29. The Morgan fingerprint density at radius 1 is 1.33 bits per heavy atom. The quantitative estimate of drug-likeness (QED) is 0.853. The second-order valence-corrected chi connectivity index (χ2v) is 5.71. The molecule has 2 aromatic rings. The minimum atomic E-state index is -0.988. The fourth-order valence-electron chi connectivity index (χ4n) is 2.88. The number of benzene rings is 1. The van der Waals surface area contributed by atoms with E-state index < -0.39 is 5.92 Å². The number of para-hydroxylation sites is 2. The molecule has 1 fully saturated rings. The van der Waals surface area contributed by atoms with Crippen molar-refractivity contribution in [1.29, 1.82) is 5.26 Å². The van der Waals surface area contributed by atoms with Gasteiger partial charge in [-0.15, -0.1) is 6.58 Å². The first kappa shape index (κ1) is 15.9. The zero-order valence-corrected chi connectivity index (χ0v) is 13.4. The van der Waals surface area contributed by atoms with Crippen molar-refractivity contribution in [2.45, 2.75) is 18.8 Å². The molecule has 1 amide bonds. The lowest BCUT2D eigenvalue weighted by atomic mass is 10.0. The van der Waals surface area contributed by atoms with E-state index >= 15 is 0 Å². The van der Waals surface area contributed by atoms with Crippen LogP contribution in [0.15, 0.2) is 36.9 Å². The van der Waals surface area contributed by atoms with E-state index in [-0.39, 0.29) is 5.91 Å². The highest BCUT2D eigenvalue weighted by Gasteiger charge is 2.29. The van der Waals surface area contributed by atoms with Crippen molar-refractivity contribution in [2.75, 3.05) is 24.5 Å². The monoisotopic (exact) mass is 321 g/mol. The number of anilines is 1. The van der Waals surface area contributed by atoms with Crippen LogP contribution in [0.2, 0.25) is 0 Å². The summed E-state index contributed by atoms with van der Waals surface area (Å²) in [4.78, 5) is 23.8. The molecular formula is C18H19N5O. The van der Waals surface area contributed by atoms with Crippen LogP contribution < -0.4 is 10.2 Å². The Kier molecular flexibility index (Phi) is 4.71. The first-order chi connectivity index (χ1) is 11.7. The summed E-state index contributed by atoms with van der Waals surface area (Å²) in [7, 11) is 0. The van der Waals surface area contributed by atoms with Gasteiger partial charge in [0.1, 0.15) is 5.69 Å². The van der Waals surface area contributed by atoms with Gasteiger partial charge in [0.25, 0.3) is 0 Å². The number of amides is 1. The lowest BCUT2D eigenvalue weighted by Crippen LogP contribution is -2.31. The third kappa shape index (κ3) is 3.06. The van der Waals surface area contributed by atoms with E-state index in [9.17, 15) is 10.1 Å². The van der Waals surface area contributed by atoms with Gasteiger partial charge in [0.15, 0.2) is 11.7 Å². The standard InChI is InChI=1S/C18H19N5O/c1-2-9-20-18(24)13(12-19)16-17(23-10-5-6-11-23)22-15-8-4-3-7-14(15)21-16/h2-4,7-8,13H,1,5-6,9-11H2,(H,20,24). The third-order valence-electron chi connectivity index (χ3n) is 4.07. The van der Waals surface area contributed by atoms with E-state index in [4.69, 9.17) is 4.98 Å². The molecule has 6 heteroatoms. The molecule has 1 aliphatic heterocycles. The fourth-order valence-corrected chi connectivity index (χ4v) is 2.88. The summed E-state index contributed by atoms with van der Waals surface area (Å²) in [6.07, 6.45) is 3.74. The van der Waals surface area contributed by atoms with Crippen LogP contribution in [0.1, 0.15) is 24.5 Å². The van der Waals surface area contributed by atoms with Crippen LogP contribution in [0.25, 0.3) is 11.0 Å². The maximum Gasteiger partial charge on any atom is 0.243 e. The molecular weight excluding hydrogens is 302 g/mol. The van der Waals surface area contributed by atoms with E-state index in [0.29, 0.717) is 23.6 Å². The van der Waals surface area contributed by atoms with Crippen LogP contribution >= 0.6 is 0 Å². The van der Waals surface area contributed by atoms with Crippen LogP contribution in [0, 0.1) is 11.3 Å². The number of carbonyl (C=O) groups is 1. The van der Waals surface area contributed by atoms with Gasteiger partial charge < -0.3 is 10.2 Å². The molecule has 1 saturated heterocycles. The summed E-state index contributed by atoms with van der Waals surface area (Å²) in [5.41, 5.74) is 1.89. The predicted octanol–water partition coefficient (Wildman–Crippen LogP) is 2.14. The Bertz CT molecular complexity index is 805. The molecule has 2 heterocycles. The molecule has 0 bridgehead atoms. The largest absolute Gasteiger partial charge is 0.355 e. The molecule has 0 aliphatic carbocycles. The van der Waals surface area contributed by atoms with E-state index in [1.165, 1.54) is 0 Å². The molecule has 24 heavy (non-hydrogen) atoms. The number of nitrogens with zero attached hydrogens (tertiary/aromatic N) is 4. The van der Waals surface area contributed by atoms with E-state index in [0.717, 1.165) is 31.4 Å². The first-order valence-electron chi connectivity index (χ1n) is 8.04. The topological polar surface area (TPSA) is 81.9 Å². The summed E-state index contributed by atoms with van der Waals surface area (Å²) >= 11 is 0. The molecule has 1 aromatic carbocycles. The van der Waals surface area contributed by atoms with Gasteiger partial charge >= 0.3 is 0 Å². The summed E-state index contributed by atoms with van der Waals surface area (Å²) < 4.78 is 0. The van der Waals surface area contributed by atoms with Crippen LogP contribution in [-0.2, 0) is 4.79 Å². The summed E-state index contributed by atoms with van der Waals surface area (Å²) in [5.74, 6) is -0.716. The zero-order chi connectivity index (χ0) is 16.9. The lowest BCUT2D eigenvalue weighted by molar-refractivity contribution is -0.121. The first-order valence-corrected chi connectivity index (χ1v) is 8.04. The maximum atomic E-state index is 12.4. The second kappa shape index (κ2) is 7.09. The predicted molar refractivity (Wildman–Crippen MR) is 92.5 cm³/mol. The number of hydrogen-bond acceptors (Lipinski definition) is 5. The molecule has 1 unspecified atom stereocenters. The highest BCUT2D eigenvalue weighted by molar-refractivity contribution is 5.89. The third-order valence-corrected chi connectivity index (χ3v) is 4.07. The van der Waals surface area contributed by atoms with Crippen LogP contribution in [-0.4, -0.2) is 35.5 Å². The number of hydrogen-bond donors (Lipinski definition) is 1. The molecule has 1 aliphatic rings. The molecule has 0 radical (unpaired) electrons. The number of nitriles is 1. The number of rotatable bonds is 5. The van der Waals surface area contributed by atoms with Crippen LogP contribution in [0.4, 0.5) is 5.82 Å².